The molecule has 6 nitrogen and oxygen atoms in total. The van der Waals surface area contributed by atoms with Crippen molar-refractivity contribution in [3.63, 3.8) is 0 Å². The smallest absolute Gasteiger partial charge is 0.329 e. The first-order valence-electron chi connectivity index (χ1n) is 5.42. The highest BCUT2D eigenvalue weighted by atomic mass is 16.4. The molecular formula is C11H14N2O4. The van der Waals surface area contributed by atoms with Gasteiger partial charge in [-0.2, -0.15) is 0 Å². The first-order chi connectivity index (χ1) is 7.97. The van der Waals surface area contributed by atoms with E-state index in [0.29, 0.717) is 25.1 Å². The minimum absolute atomic E-state index is 0.124. The van der Waals surface area contributed by atoms with E-state index in [-0.39, 0.29) is 5.76 Å². The summed E-state index contributed by atoms with van der Waals surface area (Å²) < 4.78 is 5.02. The van der Waals surface area contributed by atoms with Crippen LogP contribution < -0.4 is 0 Å². The van der Waals surface area contributed by atoms with E-state index < -0.39 is 17.4 Å². The Morgan fingerprint density at radius 1 is 1.59 bits per heavy atom. The van der Waals surface area contributed by atoms with Crippen molar-refractivity contribution in [1.29, 1.82) is 0 Å². The third-order valence-corrected chi connectivity index (χ3v) is 3.29. The maximum absolute atomic E-state index is 12.2. The average Bonchev–Trinajstić information content (AvgIpc) is 2.84. The van der Waals surface area contributed by atoms with Crippen LogP contribution in [0.5, 0.6) is 0 Å². The lowest BCUT2D eigenvalue weighted by atomic mass is 9.99. The van der Waals surface area contributed by atoms with Crippen LogP contribution in [-0.4, -0.2) is 39.0 Å². The van der Waals surface area contributed by atoms with Crippen molar-refractivity contribution >= 4 is 11.9 Å². The maximum Gasteiger partial charge on any atom is 0.329 e. The van der Waals surface area contributed by atoms with E-state index in [2.05, 4.69) is 4.98 Å². The van der Waals surface area contributed by atoms with Crippen molar-refractivity contribution in [1.82, 2.24) is 9.88 Å². The molecule has 17 heavy (non-hydrogen) atoms. The second kappa shape index (κ2) is 3.87. The van der Waals surface area contributed by atoms with Gasteiger partial charge in [0.25, 0.3) is 5.91 Å². The van der Waals surface area contributed by atoms with Gasteiger partial charge in [0.2, 0.25) is 5.76 Å². The van der Waals surface area contributed by atoms with Crippen molar-refractivity contribution in [2.24, 2.45) is 0 Å². The van der Waals surface area contributed by atoms with Crippen molar-refractivity contribution in [2.75, 3.05) is 6.54 Å². The molecule has 1 amide bonds. The van der Waals surface area contributed by atoms with Gasteiger partial charge < -0.3 is 14.4 Å². The van der Waals surface area contributed by atoms with E-state index in [1.54, 1.807) is 13.8 Å². The summed E-state index contributed by atoms with van der Waals surface area (Å²) in [6.07, 6.45) is 2.33. The Kier molecular flexibility index (Phi) is 2.65. The van der Waals surface area contributed by atoms with E-state index >= 15 is 0 Å². The van der Waals surface area contributed by atoms with Crippen molar-refractivity contribution < 1.29 is 19.1 Å². The van der Waals surface area contributed by atoms with Crippen LogP contribution in [0.4, 0.5) is 0 Å². The van der Waals surface area contributed by atoms with E-state index in [9.17, 15) is 14.7 Å². The molecule has 1 saturated heterocycles. The van der Waals surface area contributed by atoms with E-state index in [1.807, 2.05) is 0 Å². The zero-order chi connectivity index (χ0) is 12.6. The Balaban J connectivity index is 2.32. The molecule has 0 spiro atoms. The fourth-order valence-corrected chi connectivity index (χ4v) is 2.14. The monoisotopic (exact) mass is 238 g/mol. The number of carboxylic acid groups (broad SMARTS) is 1. The van der Waals surface area contributed by atoms with Crippen LogP contribution >= 0.6 is 0 Å². The summed E-state index contributed by atoms with van der Waals surface area (Å²) in [7, 11) is 0. The number of carbonyl (C=O) groups excluding carboxylic acids is 1. The van der Waals surface area contributed by atoms with Crippen LogP contribution in [-0.2, 0) is 4.79 Å². The van der Waals surface area contributed by atoms with Gasteiger partial charge in [0.1, 0.15) is 5.54 Å². The third-order valence-electron chi connectivity index (χ3n) is 3.29. The Bertz CT molecular complexity index is 468. The van der Waals surface area contributed by atoms with Gasteiger partial charge >= 0.3 is 5.97 Å². The summed E-state index contributed by atoms with van der Waals surface area (Å²) in [5.74, 6) is -1.26. The largest absolute Gasteiger partial charge is 0.480 e. The van der Waals surface area contributed by atoms with Gasteiger partial charge in [0.15, 0.2) is 6.39 Å². The molecule has 1 unspecified atom stereocenters. The summed E-state index contributed by atoms with van der Waals surface area (Å²) >= 11 is 0. The molecule has 0 bridgehead atoms. The summed E-state index contributed by atoms with van der Waals surface area (Å²) in [4.78, 5) is 28.6. The third kappa shape index (κ3) is 1.69. The summed E-state index contributed by atoms with van der Waals surface area (Å²) in [6.45, 7) is 3.65. The number of rotatable bonds is 2. The second-order valence-electron chi connectivity index (χ2n) is 4.41. The van der Waals surface area contributed by atoms with E-state index in [0.717, 1.165) is 0 Å². The predicted molar refractivity (Wildman–Crippen MR) is 57.6 cm³/mol. The minimum atomic E-state index is -1.14. The zero-order valence-electron chi connectivity index (χ0n) is 9.77. The topological polar surface area (TPSA) is 83.6 Å². The Labute approximate surface area is 98.2 Å². The molecule has 1 fully saturated rings. The van der Waals surface area contributed by atoms with Gasteiger partial charge in [0.05, 0.1) is 5.69 Å². The number of aliphatic carboxylic acids is 1. The van der Waals surface area contributed by atoms with Gasteiger partial charge in [-0.15, -0.1) is 0 Å². The average molecular weight is 238 g/mol. The normalized spacial score (nSPS) is 24.0. The molecule has 0 aliphatic carbocycles. The summed E-state index contributed by atoms with van der Waals surface area (Å²) in [6, 6.07) is 0. The molecule has 1 N–H and O–H groups in total. The first-order valence-corrected chi connectivity index (χ1v) is 5.42. The molecule has 0 radical (unpaired) electrons. The number of aromatic nitrogens is 1. The standard InChI is InChI=1S/C11H14N2O4/c1-7-8(17-6-12-7)9(14)13-5-3-4-11(13,2)10(15)16/h6H,3-5H2,1-2H3,(H,15,16). The quantitative estimate of drug-likeness (QED) is 0.832. The number of amides is 1. The number of hydrogen-bond acceptors (Lipinski definition) is 4. The molecule has 6 heteroatoms. The molecule has 1 aromatic rings. The van der Waals surface area contributed by atoms with Crippen LogP contribution in [0.3, 0.4) is 0 Å². The number of aryl methyl sites for hydroxylation is 1. The summed E-state index contributed by atoms with van der Waals surface area (Å²) in [5.41, 5.74) is -0.661. The van der Waals surface area contributed by atoms with Gasteiger partial charge in [-0.3, -0.25) is 4.79 Å². The molecule has 2 rings (SSSR count). The van der Waals surface area contributed by atoms with Gasteiger partial charge in [-0.25, -0.2) is 9.78 Å². The summed E-state index contributed by atoms with van der Waals surface area (Å²) in [5, 5.41) is 9.22. The fourth-order valence-electron chi connectivity index (χ4n) is 2.14. The van der Waals surface area contributed by atoms with Crippen LogP contribution in [0.2, 0.25) is 0 Å². The highest BCUT2D eigenvalue weighted by Gasteiger charge is 2.47. The molecule has 0 saturated carbocycles. The second-order valence-corrected chi connectivity index (χ2v) is 4.41. The Morgan fingerprint density at radius 2 is 2.29 bits per heavy atom. The van der Waals surface area contributed by atoms with Crippen LogP contribution in [0.1, 0.15) is 36.0 Å². The van der Waals surface area contributed by atoms with Crippen molar-refractivity contribution in [3.8, 4) is 0 Å². The lowest BCUT2D eigenvalue weighted by Crippen LogP contribution is -2.50. The SMILES string of the molecule is Cc1ncoc1C(=O)N1CCCC1(C)C(=O)O. The highest BCUT2D eigenvalue weighted by molar-refractivity contribution is 5.96. The van der Waals surface area contributed by atoms with Gasteiger partial charge in [-0.05, 0) is 26.7 Å². The predicted octanol–water partition coefficient (Wildman–Crippen LogP) is 1.06. The van der Waals surface area contributed by atoms with E-state index in [1.165, 1.54) is 11.3 Å². The number of nitrogens with zero attached hydrogens (tertiary/aromatic N) is 2. The van der Waals surface area contributed by atoms with E-state index in [4.69, 9.17) is 4.42 Å². The molecular weight excluding hydrogens is 224 g/mol. The van der Waals surface area contributed by atoms with Crippen molar-refractivity contribution in [2.45, 2.75) is 32.2 Å². The maximum atomic E-state index is 12.2. The number of carboxylic acids is 1. The number of oxazole rings is 1. The molecule has 92 valence electrons. The lowest BCUT2D eigenvalue weighted by molar-refractivity contribution is -0.147. The van der Waals surface area contributed by atoms with Crippen molar-refractivity contribution in [3.05, 3.63) is 17.8 Å². The zero-order valence-corrected chi connectivity index (χ0v) is 9.77. The number of carbonyl (C=O) groups is 2. The molecule has 1 aliphatic heterocycles. The first kappa shape index (κ1) is 11.6. The Hall–Kier alpha value is -1.85. The fraction of sp³-hybridized carbons (Fsp3) is 0.545. The minimum Gasteiger partial charge on any atom is -0.480 e. The van der Waals surface area contributed by atoms with Crippen LogP contribution in [0, 0.1) is 6.92 Å². The molecule has 1 aliphatic rings. The Morgan fingerprint density at radius 3 is 2.82 bits per heavy atom. The number of likely N-dealkylation sites (tertiary alicyclic amines) is 1. The van der Waals surface area contributed by atoms with Crippen LogP contribution in [0.15, 0.2) is 10.8 Å². The van der Waals surface area contributed by atoms with Gasteiger partial charge in [-0.1, -0.05) is 0 Å². The lowest BCUT2D eigenvalue weighted by Gasteiger charge is -2.30. The number of hydrogen-bond donors (Lipinski definition) is 1. The van der Waals surface area contributed by atoms with Crippen LogP contribution in [0.25, 0.3) is 0 Å². The molecule has 1 atom stereocenters. The molecule has 0 aromatic carbocycles. The molecule has 2 heterocycles. The van der Waals surface area contributed by atoms with Gasteiger partial charge in [0, 0.05) is 6.54 Å². The molecule has 1 aromatic heterocycles. The highest BCUT2D eigenvalue weighted by Crippen LogP contribution is 2.31.